The fourth-order valence-electron chi connectivity index (χ4n) is 2.28. The predicted octanol–water partition coefficient (Wildman–Crippen LogP) is 4.28. The molecule has 2 aromatic rings. The van der Waals surface area contributed by atoms with Crippen LogP contribution in [0.25, 0.3) is 0 Å². The number of hydrogen-bond donors (Lipinski definition) is 1. The highest BCUT2D eigenvalue weighted by Crippen LogP contribution is 2.33. The second-order valence-corrected chi connectivity index (χ2v) is 6.53. The van der Waals surface area contributed by atoms with Gasteiger partial charge < -0.3 is 10.2 Å². The van der Waals surface area contributed by atoms with Crippen molar-refractivity contribution in [3.05, 3.63) is 45.4 Å². The second-order valence-electron chi connectivity index (χ2n) is 5.06. The lowest BCUT2D eigenvalue weighted by molar-refractivity contribution is 0.734. The van der Waals surface area contributed by atoms with E-state index in [2.05, 4.69) is 37.2 Å². The van der Waals surface area contributed by atoms with Crippen LogP contribution in [-0.4, -0.2) is 19.1 Å². The molecule has 0 aliphatic carbocycles. The quantitative estimate of drug-likeness (QED) is 0.860. The van der Waals surface area contributed by atoms with Gasteiger partial charge in [0.25, 0.3) is 0 Å². The Morgan fingerprint density at radius 2 is 2.10 bits per heavy atom. The highest BCUT2D eigenvalue weighted by molar-refractivity contribution is 7.15. The van der Waals surface area contributed by atoms with Crippen molar-refractivity contribution < 1.29 is 0 Å². The summed E-state index contributed by atoms with van der Waals surface area (Å²) in [5, 5.41) is 5.06. The van der Waals surface area contributed by atoms with Crippen LogP contribution in [0.4, 0.5) is 5.13 Å². The predicted molar refractivity (Wildman–Crippen MR) is 92.5 cm³/mol. The van der Waals surface area contributed by atoms with Crippen LogP contribution in [0.2, 0.25) is 5.02 Å². The van der Waals surface area contributed by atoms with Gasteiger partial charge in [0.1, 0.15) is 0 Å². The highest BCUT2D eigenvalue weighted by Gasteiger charge is 2.19. The summed E-state index contributed by atoms with van der Waals surface area (Å²) in [5.74, 6) is 0. The van der Waals surface area contributed by atoms with Crippen LogP contribution >= 0.6 is 22.9 Å². The summed E-state index contributed by atoms with van der Waals surface area (Å²) in [4.78, 5) is 8.30. The van der Waals surface area contributed by atoms with Gasteiger partial charge in [-0.3, -0.25) is 0 Å². The molecule has 2 rings (SSSR count). The Labute approximate surface area is 136 Å². The average molecular weight is 324 g/mol. The van der Waals surface area contributed by atoms with Gasteiger partial charge >= 0.3 is 0 Å². The summed E-state index contributed by atoms with van der Waals surface area (Å²) in [6.45, 7) is 5.18. The van der Waals surface area contributed by atoms with Gasteiger partial charge in [-0.25, -0.2) is 4.98 Å². The zero-order valence-electron chi connectivity index (χ0n) is 13.0. The van der Waals surface area contributed by atoms with Crippen molar-refractivity contribution in [2.45, 2.75) is 32.9 Å². The van der Waals surface area contributed by atoms with E-state index in [0.29, 0.717) is 0 Å². The largest absolute Gasteiger partial charge is 0.344 e. The number of anilines is 1. The zero-order valence-corrected chi connectivity index (χ0v) is 14.6. The molecule has 1 aromatic heterocycles. The van der Waals surface area contributed by atoms with Crippen LogP contribution < -0.4 is 10.2 Å². The Kier molecular flexibility index (Phi) is 5.62. The van der Waals surface area contributed by atoms with Gasteiger partial charge in [0.15, 0.2) is 5.13 Å². The number of aryl methyl sites for hydroxylation is 1. The minimum absolute atomic E-state index is 0.192. The number of nitrogens with one attached hydrogen (secondary N) is 1. The maximum atomic E-state index is 6.31. The van der Waals surface area contributed by atoms with E-state index in [0.717, 1.165) is 28.7 Å². The SMILES string of the molecule is CCc1nc(N(C)C(C)c2ccccc2Cl)sc1CNC. The van der Waals surface area contributed by atoms with Gasteiger partial charge in [-0.2, -0.15) is 0 Å². The van der Waals surface area contributed by atoms with E-state index >= 15 is 0 Å². The first-order valence-corrected chi connectivity index (χ1v) is 8.38. The van der Waals surface area contributed by atoms with Crippen LogP contribution in [-0.2, 0) is 13.0 Å². The molecular weight excluding hydrogens is 302 g/mol. The molecule has 0 radical (unpaired) electrons. The number of aromatic nitrogens is 1. The van der Waals surface area contributed by atoms with Gasteiger partial charge in [0.2, 0.25) is 0 Å². The molecule has 0 saturated heterocycles. The number of rotatable bonds is 6. The monoisotopic (exact) mass is 323 g/mol. The van der Waals surface area contributed by atoms with Crippen molar-refractivity contribution in [2.24, 2.45) is 0 Å². The number of hydrogen-bond acceptors (Lipinski definition) is 4. The molecule has 0 saturated carbocycles. The smallest absolute Gasteiger partial charge is 0.186 e. The third-order valence-corrected chi connectivity index (χ3v) is 5.21. The third-order valence-electron chi connectivity index (χ3n) is 3.68. The molecule has 1 heterocycles. The Bertz CT molecular complexity index is 597. The van der Waals surface area contributed by atoms with Crippen LogP contribution in [0.3, 0.4) is 0 Å². The van der Waals surface area contributed by atoms with E-state index in [1.165, 1.54) is 10.6 Å². The Hall–Kier alpha value is -1.10. The second kappa shape index (κ2) is 7.25. The molecule has 0 spiro atoms. The van der Waals surface area contributed by atoms with E-state index in [4.69, 9.17) is 16.6 Å². The van der Waals surface area contributed by atoms with Crippen molar-refractivity contribution in [1.82, 2.24) is 10.3 Å². The van der Waals surface area contributed by atoms with Crippen LogP contribution in [0.1, 0.15) is 36.0 Å². The highest BCUT2D eigenvalue weighted by atomic mass is 35.5. The molecule has 3 nitrogen and oxygen atoms in total. The molecule has 0 fully saturated rings. The van der Waals surface area contributed by atoms with E-state index < -0.39 is 0 Å². The summed E-state index contributed by atoms with van der Waals surface area (Å²) in [7, 11) is 4.05. The molecule has 0 bridgehead atoms. The van der Waals surface area contributed by atoms with E-state index in [1.807, 2.05) is 25.2 Å². The van der Waals surface area contributed by atoms with E-state index in [1.54, 1.807) is 11.3 Å². The van der Waals surface area contributed by atoms with Crippen molar-refractivity contribution in [1.29, 1.82) is 0 Å². The van der Waals surface area contributed by atoms with Crippen molar-refractivity contribution in [3.63, 3.8) is 0 Å². The summed E-state index contributed by atoms with van der Waals surface area (Å²) < 4.78 is 0. The topological polar surface area (TPSA) is 28.2 Å². The van der Waals surface area contributed by atoms with E-state index in [9.17, 15) is 0 Å². The lowest BCUT2D eigenvalue weighted by Crippen LogP contribution is -2.21. The minimum Gasteiger partial charge on any atom is -0.344 e. The fraction of sp³-hybridized carbons (Fsp3) is 0.438. The van der Waals surface area contributed by atoms with Crippen LogP contribution in [0.15, 0.2) is 24.3 Å². The van der Waals surface area contributed by atoms with E-state index in [-0.39, 0.29) is 6.04 Å². The summed E-state index contributed by atoms with van der Waals surface area (Å²) >= 11 is 8.07. The molecule has 1 N–H and O–H groups in total. The molecule has 114 valence electrons. The summed E-state index contributed by atoms with van der Waals surface area (Å²) in [6, 6.07) is 8.19. The van der Waals surface area contributed by atoms with Crippen molar-refractivity contribution >= 4 is 28.1 Å². The summed E-state index contributed by atoms with van der Waals surface area (Å²) in [5.41, 5.74) is 2.31. The lowest BCUT2D eigenvalue weighted by Gasteiger charge is -2.25. The molecule has 1 atom stereocenters. The molecule has 0 amide bonds. The average Bonchev–Trinajstić information content (AvgIpc) is 2.90. The number of nitrogens with zero attached hydrogens (tertiary/aromatic N) is 2. The Morgan fingerprint density at radius 3 is 2.71 bits per heavy atom. The van der Waals surface area contributed by atoms with Gasteiger partial charge in [-0.1, -0.05) is 36.7 Å². The number of benzene rings is 1. The molecule has 1 aromatic carbocycles. The van der Waals surface area contributed by atoms with Crippen molar-refractivity contribution in [2.75, 3.05) is 19.0 Å². The number of halogens is 1. The van der Waals surface area contributed by atoms with Gasteiger partial charge in [-0.05, 0) is 32.0 Å². The maximum Gasteiger partial charge on any atom is 0.186 e. The zero-order chi connectivity index (χ0) is 15.4. The molecule has 0 aliphatic rings. The molecule has 21 heavy (non-hydrogen) atoms. The first kappa shape index (κ1) is 16.3. The van der Waals surface area contributed by atoms with Crippen LogP contribution in [0, 0.1) is 0 Å². The first-order valence-electron chi connectivity index (χ1n) is 7.18. The molecule has 0 aliphatic heterocycles. The molecular formula is C16H22ClN3S. The fourth-order valence-corrected chi connectivity index (χ4v) is 3.78. The van der Waals surface area contributed by atoms with Gasteiger partial charge in [0, 0.05) is 23.5 Å². The Morgan fingerprint density at radius 1 is 1.38 bits per heavy atom. The third kappa shape index (κ3) is 3.57. The minimum atomic E-state index is 0.192. The van der Waals surface area contributed by atoms with Crippen LogP contribution in [0.5, 0.6) is 0 Å². The van der Waals surface area contributed by atoms with Crippen molar-refractivity contribution in [3.8, 4) is 0 Å². The first-order chi connectivity index (χ1) is 10.1. The Balaban J connectivity index is 2.27. The summed E-state index contributed by atoms with van der Waals surface area (Å²) in [6.07, 6.45) is 0.960. The van der Waals surface area contributed by atoms with Gasteiger partial charge in [-0.15, -0.1) is 11.3 Å². The lowest BCUT2D eigenvalue weighted by atomic mass is 10.1. The van der Waals surface area contributed by atoms with Gasteiger partial charge in [0.05, 0.1) is 11.7 Å². The number of thiazole rings is 1. The maximum absolute atomic E-state index is 6.31. The normalized spacial score (nSPS) is 12.4. The molecule has 5 heteroatoms. The molecule has 1 unspecified atom stereocenters. The standard InChI is InChI=1S/C16H22ClN3S/c1-5-14-15(10-18-3)21-16(19-14)20(4)11(2)12-8-6-7-9-13(12)17/h6-9,11,18H,5,10H2,1-4H3.